The van der Waals surface area contributed by atoms with Crippen molar-refractivity contribution >= 4 is 5.69 Å². The number of hydrogen-bond acceptors (Lipinski definition) is 2. The zero-order valence-electron chi connectivity index (χ0n) is 8.72. The number of rotatable bonds is 3. The summed E-state index contributed by atoms with van der Waals surface area (Å²) in [5.74, 6) is 0. The Kier molecular flexibility index (Phi) is 2.73. The summed E-state index contributed by atoms with van der Waals surface area (Å²) in [4.78, 5) is 0. The van der Waals surface area contributed by atoms with Crippen LogP contribution in [0.15, 0.2) is 18.2 Å². The molecule has 0 fully saturated rings. The zero-order chi connectivity index (χ0) is 9.97. The monoisotopic (exact) mass is 190 g/mol. The molecule has 2 heteroatoms. The van der Waals surface area contributed by atoms with Crippen LogP contribution in [0.5, 0.6) is 0 Å². The van der Waals surface area contributed by atoms with E-state index in [-0.39, 0.29) is 0 Å². The first-order valence-corrected chi connectivity index (χ1v) is 5.36. The fraction of sp³-hybridized carbons (Fsp3) is 0.500. The van der Waals surface area contributed by atoms with Gasteiger partial charge in [0, 0.05) is 11.7 Å². The zero-order valence-corrected chi connectivity index (χ0v) is 8.72. The SMILES string of the molecule is Cc1ccc2c(c1)CC(CCCN)N2. The molecular weight excluding hydrogens is 172 g/mol. The van der Waals surface area contributed by atoms with Crippen LogP contribution in [0.2, 0.25) is 0 Å². The molecule has 1 atom stereocenters. The Labute approximate surface area is 85.5 Å². The lowest BCUT2D eigenvalue weighted by molar-refractivity contribution is 0.639. The number of aryl methyl sites for hydroxylation is 1. The summed E-state index contributed by atoms with van der Waals surface area (Å²) in [7, 11) is 0. The lowest BCUT2D eigenvalue weighted by atomic mass is 10.0. The highest BCUT2D eigenvalue weighted by atomic mass is 14.9. The van der Waals surface area contributed by atoms with E-state index in [4.69, 9.17) is 5.73 Å². The van der Waals surface area contributed by atoms with Gasteiger partial charge in [-0.1, -0.05) is 17.7 Å². The maximum Gasteiger partial charge on any atom is 0.0375 e. The fourth-order valence-corrected chi connectivity index (χ4v) is 2.11. The highest BCUT2D eigenvalue weighted by Gasteiger charge is 2.19. The minimum absolute atomic E-state index is 0.607. The van der Waals surface area contributed by atoms with E-state index in [2.05, 4.69) is 30.4 Å². The summed E-state index contributed by atoms with van der Waals surface area (Å²) in [6.07, 6.45) is 3.46. The maximum absolute atomic E-state index is 5.51. The lowest BCUT2D eigenvalue weighted by Crippen LogP contribution is -2.16. The van der Waals surface area contributed by atoms with Crippen LogP contribution in [-0.2, 0) is 6.42 Å². The molecule has 0 aromatic heterocycles. The molecule has 0 aliphatic carbocycles. The molecule has 0 saturated heterocycles. The summed E-state index contributed by atoms with van der Waals surface area (Å²) in [6.45, 7) is 2.95. The average Bonchev–Trinajstić information content (AvgIpc) is 2.56. The first-order valence-electron chi connectivity index (χ1n) is 5.36. The van der Waals surface area contributed by atoms with Crippen molar-refractivity contribution < 1.29 is 0 Å². The van der Waals surface area contributed by atoms with E-state index in [0.29, 0.717) is 6.04 Å². The van der Waals surface area contributed by atoms with E-state index in [1.807, 2.05) is 0 Å². The second-order valence-corrected chi connectivity index (χ2v) is 4.14. The van der Waals surface area contributed by atoms with Gasteiger partial charge < -0.3 is 11.1 Å². The van der Waals surface area contributed by atoms with Crippen LogP contribution in [-0.4, -0.2) is 12.6 Å². The molecular formula is C12H18N2. The van der Waals surface area contributed by atoms with Crippen LogP contribution in [0.1, 0.15) is 24.0 Å². The molecule has 0 radical (unpaired) electrons. The molecule has 3 N–H and O–H groups in total. The molecule has 1 aromatic rings. The van der Waals surface area contributed by atoms with Crippen molar-refractivity contribution in [3.05, 3.63) is 29.3 Å². The second-order valence-electron chi connectivity index (χ2n) is 4.14. The van der Waals surface area contributed by atoms with Crippen LogP contribution < -0.4 is 11.1 Å². The van der Waals surface area contributed by atoms with Crippen LogP contribution in [0.3, 0.4) is 0 Å². The number of anilines is 1. The third kappa shape index (κ3) is 1.90. The first kappa shape index (κ1) is 9.53. The third-order valence-electron chi connectivity index (χ3n) is 2.84. The van der Waals surface area contributed by atoms with Crippen molar-refractivity contribution in [1.29, 1.82) is 0 Å². The van der Waals surface area contributed by atoms with Gasteiger partial charge >= 0.3 is 0 Å². The van der Waals surface area contributed by atoms with Gasteiger partial charge in [0.05, 0.1) is 0 Å². The van der Waals surface area contributed by atoms with Crippen LogP contribution in [0.25, 0.3) is 0 Å². The van der Waals surface area contributed by atoms with Gasteiger partial charge in [-0.2, -0.15) is 0 Å². The van der Waals surface area contributed by atoms with Crippen molar-refractivity contribution in [3.8, 4) is 0 Å². The summed E-state index contributed by atoms with van der Waals surface area (Å²) in [6, 6.07) is 7.24. The number of hydrogen-bond donors (Lipinski definition) is 2. The molecule has 0 bridgehead atoms. The summed E-state index contributed by atoms with van der Waals surface area (Å²) < 4.78 is 0. The van der Waals surface area contributed by atoms with Gasteiger partial charge in [-0.25, -0.2) is 0 Å². The Morgan fingerprint density at radius 3 is 3.14 bits per heavy atom. The summed E-state index contributed by atoms with van der Waals surface area (Å²) in [5, 5.41) is 3.54. The molecule has 1 aliphatic heterocycles. The van der Waals surface area contributed by atoms with Crippen molar-refractivity contribution in [2.75, 3.05) is 11.9 Å². The predicted molar refractivity (Wildman–Crippen MR) is 60.6 cm³/mol. The fourth-order valence-electron chi connectivity index (χ4n) is 2.11. The highest BCUT2D eigenvalue weighted by molar-refractivity contribution is 5.57. The molecule has 1 aliphatic rings. The number of nitrogens with two attached hydrogens (primary N) is 1. The molecule has 2 nitrogen and oxygen atoms in total. The van der Waals surface area contributed by atoms with Gasteiger partial charge in [0.1, 0.15) is 0 Å². The van der Waals surface area contributed by atoms with Gasteiger partial charge in [-0.05, 0) is 44.4 Å². The summed E-state index contributed by atoms with van der Waals surface area (Å²) >= 11 is 0. The van der Waals surface area contributed by atoms with Gasteiger partial charge in [0.25, 0.3) is 0 Å². The number of nitrogens with one attached hydrogen (secondary N) is 1. The van der Waals surface area contributed by atoms with Gasteiger partial charge in [-0.3, -0.25) is 0 Å². The Balaban J connectivity index is 2.03. The number of benzene rings is 1. The van der Waals surface area contributed by atoms with Crippen LogP contribution in [0.4, 0.5) is 5.69 Å². The second kappa shape index (κ2) is 4.01. The molecule has 1 heterocycles. The number of fused-ring (bicyclic) bond motifs is 1. The predicted octanol–water partition coefficient (Wildman–Crippen LogP) is 2.07. The quantitative estimate of drug-likeness (QED) is 0.765. The van der Waals surface area contributed by atoms with Crippen molar-refractivity contribution in [2.45, 2.75) is 32.2 Å². The largest absolute Gasteiger partial charge is 0.382 e. The molecule has 1 unspecified atom stereocenters. The third-order valence-corrected chi connectivity index (χ3v) is 2.84. The van der Waals surface area contributed by atoms with Crippen LogP contribution in [0, 0.1) is 6.92 Å². The van der Waals surface area contributed by atoms with Crippen molar-refractivity contribution in [1.82, 2.24) is 0 Å². The maximum atomic E-state index is 5.51. The summed E-state index contributed by atoms with van der Waals surface area (Å²) in [5.41, 5.74) is 9.64. The van der Waals surface area contributed by atoms with E-state index in [1.54, 1.807) is 0 Å². The molecule has 2 rings (SSSR count). The minimum Gasteiger partial charge on any atom is -0.382 e. The van der Waals surface area contributed by atoms with Gasteiger partial charge in [-0.15, -0.1) is 0 Å². The van der Waals surface area contributed by atoms with E-state index in [1.165, 1.54) is 23.2 Å². The Hall–Kier alpha value is -1.02. The van der Waals surface area contributed by atoms with E-state index < -0.39 is 0 Å². The lowest BCUT2D eigenvalue weighted by Gasteiger charge is -2.09. The molecule has 14 heavy (non-hydrogen) atoms. The van der Waals surface area contributed by atoms with Crippen LogP contribution >= 0.6 is 0 Å². The van der Waals surface area contributed by atoms with E-state index >= 15 is 0 Å². The molecule has 1 aromatic carbocycles. The average molecular weight is 190 g/mol. The molecule has 0 amide bonds. The Morgan fingerprint density at radius 1 is 1.50 bits per heavy atom. The normalized spacial score (nSPS) is 19.1. The van der Waals surface area contributed by atoms with E-state index in [0.717, 1.165) is 19.4 Å². The van der Waals surface area contributed by atoms with Gasteiger partial charge in [0.2, 0.25) is 0 Å². The first-order chi connectivity index (χ1) is 6.79. The van der Waals surface area contributed by atoms with Gasteiger partial charge in [0.15, 0.2) is 0 Å². The van der Waals surface area contributed by atoms with E-state index in [9.17, 15) is 0 Å². The molecule has 0 spiro atoms. The highest BCUT2D eigenvalue weighted by Crippen LogP contribution is 2.28. The Bertz CT molecular complexity index is 320. The van der Waals surface area contributed by atoms with Crippen molar-refractivity contribution in [3.63, 3.8) is 0 Å². The smallest absolute Gasteiger partial charge is 0.0375 e. The Morgan fingerprint density at radius 2 is 2.36 bits per heavy atom. The standard InChI is InChI=1S/C12H18N2/c1-9-4-5-12-10(7-9)8-11(14-12)3-2-6-13/h4-5,7,11,14H,2-3,6,8,13H2,1H3. The molecule has 0 saturated carbocycles. The topological polar surface area (TPSA) is 38.0 Å². The van der Waals surface area contributed by atoms with Crippen molar-refractivity contribution in [2.24, 2.45) is 5.73 Å². The minimum atomic E-state index is 0.607. The molecule has 76 valence electrons.